The molecule has 0 saturated carbocycles. The summed E-state index contributed by atoms with van der Waals surface area (Å²) in [6.07, 6.45) is 1.77. The zero-order valence-electron chi connectivity index (χ0n) is 7.53. The first-order valence-electron chi connectivity index (χ1n) is 4.04. The van der Waals surface area contributed by atoms with Gasteiger partial charge in [-0.05, 0) is 6.92 Å². The van der Waals surface area contributed by atoms with Crippen molar-refractivity contribution in [2.45, 2.75) is 19.0 Å². The largest absolute Gasteiger partial charge is 0.394 e. The van der Waals surface area contributed by atoms with E-state index in [1.165, 1.54) is 0 Å². The fourth-order valence-corrected chi connectivity index (χ4v) is 1.33. The minimum absolute atomic E-state index is 0.0810. The summed E-state index contributed by atoms with van der Waals surface area (Å²) in [4.78, 5) is 5.02. The molecule has 0 bridgehead atoms. The summed E-state index contributed by atoms with van der Waals surface area (Å²) in [5.74, 6) is 0. The number of hydrogen-bond donors (Lipinski definition) is 3. The van der Waals surface area contributed by atoms with Gasteiger partial charge in [0.15, 0.2) is 0 Å². The van der Waals surface area contributed by atoms with Gasteiger partial charge in [-0.15, -0.1) is 11.3 Å². The van der Waals surface area contributed by atoms with Crippen molar-refractivity contribution >= 4 is 11.3 Å². The van der Waals surface area contributed by atoms with E-state index in [-0.39, 0.29) is 13.2 Å². The lowest BCUT2D eigenvalue weighted by atomic mass is 10.1. The van der Waals surface area contributed by atoms with E-state index in [1.54, 1.807) is 30.0 Å². The number of nitrogens with zero attached hydrogens (tertiary/aromatic N) is 1. The summed E-state index contributed by atoms with van der Waals surface area (Å²) in [5.41, 5.74) is 1.15. The summed E-state index contributed by atoms with van der Waals surface area (Å²) in [6.45, 7) is 2.24. The maximum atomic E-state index is 8.98. The van der Waals surface area contributed by atoms with Crippen LogP contribution in [0.2, 0.25) is 0 Å². The van der Waals surface area contributed by atoms with Crippen molar-refractivity contribution in [2.24, 2.45) is 0 Å². The molecule has 0 amide bonds. The Hall–Kier alpha value is -0.490. The second-order valence-corrected chi connectivity index (χ2v) is 4.17. The fraction of sp³-hybridized carbons (Fsp3) is 0.625. The SMILES string of the molecule is CC(CO)(CO)NCc1cncs1. The van der Waals surface area contributed by atoms with Gasteiger partial charge in [0.1, 0.15) is 0 Å². The van der Waals surface area contributed by atoms with Crippen LogP contribution in [0, 0.1) is 0 Å². The second kappa shape index (κ2) is 4.66. The van der Waals surface area contributed by atoms with E-state index in [0.717, 1.165) is 4.88 Å². The highest BCUT2D eigenvalue weighted by Gasteiger charge is 2.21. The normalized spacial score (nSPS) is 11.9. The summed E-state index contributed by atoms with van der Waals surface area (Å²) in [6, 6.07) is 0. The molecule has 1 heterocycles. The molecular formula is C8H14N2O2S. The number of hydrogen-bond acceptors (Lipinski definition) is 5. The van der Waals surface area contributed by atoms with Crippen LogP contribution < -0.4 is 5.32 Å². The van der Waals surface area contributed by atoms with Crippen LogP contribution in [0.3, 0.4) is 0 Å². The molecule has 0 spiro atoms. The van der Waals surface area contributed by atoms with E-state index in [4.69, 9.17) is 10.2 Å². The Morgan fingerprint density at radius 1 is 1.54 bits per heavy atom. The number of rotatable bonds is 5. The van der Waals surface area contributed by atoms with Gasteiger partial charge < -0.3 is 15.5 Å². The minimum atomic E-state index is -0.607. The topological polar surface area (TPSA) is 65.4 Å². The molecule has 74 valence electrons. The summed E-state index contributed by atoms with van der Waals surface area (Å²) < 4.78 is 0. The van der Waals surface area contributed by atoms with Crippen molar-refractivity contribution in [3.8, 4) is 0 Å². The molecule has 0 aromatic carbocycles. The monoisotopic (exact) mass is 202 g/mol. The third-order valence-electron chi connectivity index (χ3n) is 1.87. The lowest BCUT2D eigenvalue weighted by Crippen LogP contribution is -2.48. The van der Waals surface area contributed by atoms with Crippen molar-refractivity contribution in [3.63, 3.8) is 0 Å². The number of nitrogens with one attached hydrogen (secondary N) is 1. The maximum absolute atomic E-state index is 8.98. The molecule has 13 heavy (non-hydrogen) atoms. The first-order chi connectivity index (χ1) is 6.20. The number of aliphatic hydroxyl groups is 2. The molecular weight excluding hydrogens is 188 g/mol. The van der Waals surface area contributed by atoms with Crippen LogP contribution >= 0.6 is 11.3 Å². The third-order valence-corrected chi connectivity index (χ3v) is 2.65. The van der Waals surface area contributed by atoms with Crippen molar-refractivity contribution in [2.75, 3.05) is 13.2 Å². The van der Waals surface area contributed by atoms with Crippen LogP contribution in [0.15, 0.2) is 11.7 Å². The molecule has 5 heteroatoms. The molecule has 1 aromatic heterocycles. The van der Waals surface area contributed by atoms with E-state index < -0.39 is 5.54 Å². The first-order valence-corrected chi connectivity index (χ1v) is 4.92. The molecule has 4 nitrogen and oxygen atoms in total. The predicted molar refractivity (Wildman–Crippen MR) is 51.5 cm³/mol. The number of aromatic nitrogens is 1. The Balaban J connectivity index is 2.41. The lowest BCUT2D eigenvalue weighted by molar-refractivity contribution is 0.103. The Labute approximate surface area is 81.3 Å². The van der Waals surface area contributed by atoms with Crippen LogP contribution in [0.25, 0.3) is 0 Å². The Morgan fingerprint density at radius 3 is 2.69 bits per heavy atom. The molecule has 0 unspecified atom stereocenters. The van der Waals surface area contributed by atoms with Crippen molar-refractivity contribution < 1.29 is 10.2 Å². The lowest BCUT2D eigenvalue weighted by Gasteiger charge is -2.25. The standard InChI is InChI=1S/C8H14N2O2S/c1-8(4-11,5-12)10-3-7-2-9-6-13-7/h2,6,10-12H,3-5H2,1H3. The van der Waals surface area contributed by atoms with Crippen LogP contribution in [-0.4, -0.2) is 33.9 Å². The quantitative estimate of drug-likeness (QED) is 0.627. The van der Waals surface area contributed by atoms with E-state index in [9.17, 15) is 0 Å². The highest BCUT2D eigenvalue weighted by molar-refractivity contribution is 7.09. The Kier molecular flexibility index (Phi) is 3.80. The van der Waals surface area contributed by atoms with Gasteiger partial charge in [0.2, 0.25) is 0 Å². The summed E-state index contributed by atoms with van der Waals surface area (Å²) >= 11 is 1.55. The molecule has 0 aliphatic heterocycles. The van der Waals surface area contributed by atoms with Crippen LogP contribution in [0.1, 0.15) is 11.8 Å². The van der Waals surface area contributed by atoms with Gasteiger partial charge >= 0.3 is 0 Å². The smallest absolute Gasteiger partial charge is 0.0794 e. The first kappa shape index (κ1) is 10.6. The van der Waals surface area contributed by atoms with Gasteiger partial charge in [-0.2, -0.15) is 0 Å². The average Bonchev–Trinajstić information content (AvgIpc) is 2.67. The molecule has 3 N–H and O–H groups in total. The zero-order valence-corrected chi connectivity index (χ0v) is 8.34. The summed E-state index contributed by atoms with van der Waals surface area (Å²) in [5, 5.41) is 21.0. The molecule has 0 atom stereocenters. The molecule has 0 fully saturated rings. The maximum Gasteiger partial charge on any atom is 0.0794 e. The van der Waals surface area contributed by atoms with Crippen LogP contribution in [0.5, 0.6) is 0 Å². The average molecular weight is 202 g/mol. The molecule has 0 aliphatic carbocycles. The van der Waals surface area contributed by atoms with Gasteiger partial charge in [-0.1, -0.05) is 0 Å². The van der Waals surface area contributed by atoms with E-state index in [2.05, 4.69) is 10.3 Å². The number of aliphatic hydroxyl groups excluding tert-OH is 2. The predicted octanol–water partition coefficient (Wildman–Crippen LogP) is -0.0240. The Morgan fingerprint density at radius 2 is 2.23 bits per heavy atom. The van der Waals surface area contributed by atoms with Gasteiger partial charge in [0.05, 0.1) is 24.3 Å². The van der Waals surface area contributed by atoms with Crippen LogP contribution in [0.4, 0.5) is 0 Å². The van der Waals surface area contributed by atoms with Crippen molar-refractivity contribution in [1.29, 1.82) is 0 Å². The van der Waals surface area contributed by atoms with Crippen molar-refractivity contribution in [1.82, 2.24) is 10.3 Å². The molecule has 1 aromatic rings. The van der Waals surface area contributed by atoms with Gasteiger partial charge in [0, 0.05) is 17.6 Å². The van der Waals surface area contributed by atoms with Crippen molar-refractivity contribution in [3.05, 3.63) is 16.6 Å². The van der Waals surface area contributed by atoms with Gasteiger partial charge in [-0.25, -0.2) is 0 Å². The van der Waals surface area contributed by atoms with Gasteiger partial charge in [-0.3, -0.25) is 4.98 Å². The highest BCUT2D eigenvalue weighted by atomic mass is 32.1. The minimum Gasteiger partial charge on any atom is -0.394 e. The highest BCUT2D eigenvalue weighted by Crippen LogP contribution is 2.08. The van der Waals surface area contributed by atoms with E-state index in [0.29, 0.717) is 6.54 Å². The molecule has 1 rings (SSSR count). The fourth-order valence-electron chi connectivity index (χ4n) is 0.792. The van der Waals surface area contributed by atoms with Crippen LogP contribution in [-0.2, 0) is 6.54 Å². The Bertz CT molecular complexity index is 234. The zero-order chi connectivity index (χ0) is 9.73. The molecule has 0 saturated heterocycles. The number of thiazole rings is 1. The van der Waals surface area contributed by atoms with Gasteiger partial charge in [0.25, 0.3) is 0 Å². The second-order valence-electron chi connectivity index (χ2n) is 3.20. The van der Waals surface area contributed by atoms with E-state index >= 15 is 0 Å². The molecule has 0 radical (unpaired) electrons. The third kappa shape index (κ3) is 3.04. The molecule has 0 aliphatic rings. The van der Waals surface area contributed by atoms with E-state index in [1.807, 2.05) is 0 Å². The summed E-state index contributed by atoms with van der Waals surface area (Å²) in [7, 11) is 0.